The lowest BCUT2D eigenvalue weighted by Gasteiger charge is -2.18. The number of hydrogen-bond acceptors (Lipinski definition) is 6. The highest BCUT2D eigenvalue weighted by Gasteiger charge is 2.29. The molecule has 0 saturated carbocycles. The second-order valence-electron chi connectivity index (χ2n) is 7.63. The molecule has 0 fully saturated rings. The quantitative estimate of drug-likeness (QED) is 0.481. The van der Waals surface area contributed by atoms with Crippen LogP contribution in [-0.4, -0.2) is 40.9 Å². The maximum atomic E-state index is 12.5. The van der Waals surface area contributed by atoms with E-state index < -0.39 is 24.0 Å². The largest absolute Gasteiger partial charge is 0.476 e. The molecular formula is C24H23N3O6. The van der Waals surface area contributed by atoms with E-state index >= 15 is 0 Å². The van der Waals surface area contributed by atoms with Crippen molar-refractivity contribution in [1.29, 1.82) is 0 Å². The fourth-order valence-corrected chi connectivity index (χ4v) is 3.93. The van der Waals surface area contributed by atoms with E-state index in [1.807, 2.05) is 36.4 Å². The van der Waals surface area contributed by atoms with E-state index in [1.54, 1.807) is 6.92 Å². The number of carboxylic acids is 1. The molecule has 170 valence electrons. The van der Waals surface area contributed by atoms with Crippen LogP contribution >= 0.6 is 0 Å². The molecule has 1 aliphatic carbocycles. The third-order valence-corrected chi connectivity index (χ3v) is 5.58. The van der Waals surface area contributed by atoms with Gasteiger partial charge in [0.2, 0.25) is 5.91 Å². The summed E-state index contributed by atoms with van der Waals surface area (Å²) in [6.45, 7) is 1.85. The van der Waals surface area contributed by atoms with E-state index in [0.717, 1.165) is 22.3 Å². The van der Waals surface area contributed by atoms with Gasteiger partial charge in [-0.15, -0.1) is 0 Å². The number of alkyl carbamates (subject to hydrolysis) is 1. The minimum absolute atomic E-state index is 0.0536. The molecule has 33 heavy (non-hydrogen) atoms. The number of carbonyl (C=O) groups is 3. The topological polar surface area (TPSA) is 131 Å². The predicted molar refractivity (Wildman–Crippen MR) is 118 cm³/mol. The maximum Gasteiger partial charge on any atom is 0.407 e. The Kier molecular flexibility index (Phi) is 6.39. The molecule has 9 nitrogen and oxygen atoms in total. The van der Waals surface area contributed by atoms with Crippen molar-refractivity contribution >= 4 is 18.0 Å². The van der Waals surface area contributed by atoms with Crippen LogP contribution in [0.3, 0.4) is 0 Å². The zero-order chi connectivity index (χ0) is 23.4. The summed E-state index contributed by atoms with van der Waals surface area (Å²) < 4.78 is 10.4. The Morgan fingerprint density at radius 3 is 2.30 bits per heavy atom. The van der Waals surface area contributed by atoms with Crippen LogP contribution in [0, 0.1) is 0 Å². The summed E-state index contributed by atoms with van der Waals surface area (Å²) in [7, 11) is 0. The van der Waals surface area contributed by atoms with Gasteiger partial charge in [0.25, 0.3) is 0 Å². The molecule has 1 aliphatic rings. The van der Waals surface area contributed by atoms with Crippen molar-refractivity contribution in [2.75, 3.05) is 6.61 Å². The van der Waals surface area contributed by atoms with Crippen LogP contribution < -0.4 is 10.6 Å². The molecule has 0 saturated heterocycles. The van der Waals surface area contributed by atoms with Gasteiger partial charge in [0.1, 0.15) is 12.6 Å². The van der Waals surface area contributed by atoms with Crippen LogP contribution in [-0.2, 0) is 16.1 Å². The molecule has 4 rings (SSSR count). The molecule has 0 spiro atoms. The molecule has 9 heteroatoms. The van der Waals surface area contributed by atoms with Crippen LogP contribution in [0.25, 0.3) is 11.1 Å². The number of nitrogens with zero attached hydrogens (tertiary/aromatic N) is 1. The zero-order valence-corrected chi connectivity index (χ0v) is 17.9. The molecule has 1 heterocycles. The molecule has 0 aliphatic heterocycles. The van der Waals surface area contributed by atoms with Gasteiger partial charge in [0, 0.05) is 12.0 Å². The van der Waals surface area contributed by atoms with E-state index in [1.165, 1.54) is 6.07 Å². The summed E-state index contributed by atoms with van der Waals surface area (Å²) >= 11 is 0. The van der Waals surface area contributed by atoms with Crippen LogP contribution in [0.2, 0.25) is 0 Å². The average Bonchev–Trinajstić information content (AvgIpc) is 3.43. The Hall–Kier alpha value is -4.14. The van der Waals surface area contributed by atoms with Gasteiger partial charge in [0.15, 0.2) is 11.5 Å². The van der Waals surface area contributed by atoms with Crippen LogP contribution in [0.1, 0.15) is 46.6 Å². The van der Waals surface area contributed by atoms with Gasteiger partial charge in [-0.3, -0.25) is 4.79 Å². The molecule has 3 N–H and O–H groups in total. The van der Waals surface area contributed by atoms with Gasteiger partial charge in [-0.05, 0) is 28.7 Å². The molecular weight excluding hydrogens is 426 g/mol. The molecule has 1 atom stereocenters. The Morgan fingerprint density at radius 1 is 1.09 bits per heavy atom. The van der Waals surface area contributed by atoms with Crippen molar-refractivity contribution in [3.63, 3.8) is 0 Å². The number of amides is 2. The fourth-order valence-electron chi connectivity index (χ4n) is 3.93. The van der Waals surface area contributed by atoms with Crippen molar-refractivity contribution < 1.29 is 28.8 Å². The number of carbonyl (C=O) groups excluding carboxylic acids is 2. The molecule has 2 amide bonds. The molecule has 1 aromatic heterocycles. The Morgan fingerprint density at radius 2 is 1.73 bits per heavy atom. The molecule has 2 aromatic carbocycles. The van der Waals surface area contributed by atoms with E-state index in [-0.39, 0.29) is 30.5 Å². The van der Waals surface area contributed by atoms with E-state index in [9.17, 15) is 14.4 Å². The molecule has 0 bridgehead atoms. The number of nitrogens with one attached hydrogen (secondary N) is 2. The second-order valence-corrected chi connectivity index (χ2v) is 7.63. The van der Waals surface area contributed by atoms with E-state index in [4.69, 9.17) is 14.4 Å². The van der Waals surface area contributed by atoms with Crippen molar-refractivity contribution in [3.8, 4) is 11.1 Å². The van der Waals surface area contributed by atoms with Crippen molar-refractivity contribution in [3.05, 3.63) is 77.2 Å². The summed E-state index contributed by atoms with van der Waals surface area (Å²) in [5.41, 5.74) is 4.22. The Bertz CT molecular complexity index is 1140. The number of benzene rings is 2. The van der Waals surface area contributed by atoms with E-state index in [0.29, 0.717) is 6.42 Å². The molecule has 0 unspecified atom stereocenters. The third-order valence-electron chi connectivity index (χ3n) is 5.58. The minimum atomic E-state index is -1.22. The summed E-state index contributed by atoms with van der Waals surface area (Å²) in [6, 6.07) is 16.5. The van der Waals surface area contributed by atoms with Gasteiger partial charge in [0.05, 0.1) is 6.54 Å². The summed E-state index contributed by atoms with van der Waals surface area (Å²) in [6.07, 6.45) is -0.348. The predicted octanol–water partition coefficient (Wildman–Crippen LogP) is 3.31. The monoisotopic (exact) mass is 449 g/mol. The van der Waals surface area contributed by atoms with Gasteiger partial charge < -0.3 is 25.0 Å². The summed E-state index contributed by atoms with van der Waals surface area (Å²) in [5.74, 6) is -1.55. The Balaban J connectivity index is 1.33. The van der Waals surface area contributed by atoms with Crippen LogP contribution in [0.4, 0.5) is 4.79 Å². The number of aromatic carboxylic acids is 1. The van der Waals surface area contributed by atoms with Crippen LogP contribution in [0.15, 0.2) is 59.1 Å². The number of ether oxygens (including phenoxy) is 1. The van der Waals surface area contributed by atoms with E-state index in [2.05, 4.69) is 27.9 Å². The third kappa shape index (κ3) is 4.72. The first-order valence-corrected chi connectivity index (χ1v) is 10.6. The number of hydrogen-bond donors (Lipinski definition) is 3. The molecule has 3 aromatic rings. The maximum absolute atomic E-state index is 12.5. The highest BCUT2D eigenvalue weighted by atomic mass is 16.5. The lowest BCUT2D eigenvalue weighted by atomic mass is 9.98. The summed E-state index contributed by atoms with van der Waals surface area (Å²) in [4.78, 5) is 35.7. The Labute approximate surface area is 189 Å². The van der Waals surface area contributed by atoms with Crippen molar-refractivity contribution in [2.24, 2.45) is 0 Å². The number of rotatable bonds is 8. The first-order chi connectivity index (χ1) is 16.0. The van der Waals surface area contributed by atoms with Gasteiger partial charge in [-0.25, -0.2) is 9.59 Å². The average molecular weight is 449 g/mol. The second kappa shape index (κ2) is 9.56. The number of aromatic nitrogens is 1. The lowest BCUT2D eigenvalue weighted by molar-refractivity contribution is -0.123. The highest BCUT2D eigenvalue weighted by Crippen LogP contribution is 2.44. The minimum Gasteiger partial charge on any atom is -0.476 e. The molecule has 0 radical (unpaired) electrons. The first kappa shape index (κ1) is 22.1. The zero-order valence-electron chi connectivity index (χ0n) is 17.9. The normalized spacial score (nSPS) is 13.0. The fraction of sp³-hybridized carbons (Fsp3) is 0.250. The van der Waals surface area contributed by atoms with Gasteiger partial charge in [-0.1, -0.05) is 60.6 Å². The lowest BCUT2D eigenvalue weighted by Crippen LogP contribution is -2.46. The first-order valence-electron chi connectivity index (χ1n) is 10.6. The van der Waals surface area contributed by atoms with Gasteiger partial charge >= 0.3 is 12.1 Å². The van der Waals surface area contributed by atoms with Crippen molar-refractivity contribution in [2.45, 2.75) is 31.8 Å². The van der Waals surface area contributed by atoms with Gasteiger partial charge in [-0.2, -0.15) is 0 Å². The SMILES string of the molecule is CC[C@@H](NC(=O)OCC1c2ccccc2-c2ccccc21)C(=O)NCc1cc(C(=O)O)no1. The summed E-state index contributed by atoms with van der Waals surface area (Å²) in [5, 5.41) is 17.4. The standard InChI is InChI=1S/C24H23N3O6/c1-2-20(22(28)25-12-14-11-21(23(29)30)27-33-14)26-24(31)32-13-19-17-9-5-3-7-15(17)16-8-4-6-10-18(16)19/h3-11,19-20H,2,12-13H2,1H3,(H,25,28)(H,26,31)(H,29,30)/t20-/m1/s1. The van der Waals surface area contributed by atoms with Crippen molar-refractivity contribution in [1.82, 2.24) is 15.8 Å². The smallest absolute Gasteiger partial charge is 0.407 e. The highest BCUT2D eigenvalue weighted by molar-refractivity contribution is 5.86. The van der Waals surface area contributed by atoms with Crippen LogP contribution in [0.5, 0.6) is 0 Å². The number of fused-ring (bicyclic) bond motifs is 3. The number of carboxylic acid groups (broad SMARTS) is 1.